The third-order valence-electron chi connectivity index (χ3n) is 6.29. The summed E-state index contributed by atoms with van der Waals surface area (Å²) in [6.07, 6.45) is 3.58. The molecule has 2 heterocycles. The molecular formula is C23H32ClN3O4. The Morgan fingerprint density at radius 1 is 1.23 bits per heavy atom. The number of nitrogens with zero attached hydrogens (tertiary/aromatic N) is 3. The van der Waals surface area contributed by atoms with E-state index in [2.05, 4.69) is 6.92 Å². The van der Waals surface area contributed by atoms with Crippen molar-refractivity contribution in [1.82, 2.24) is 9.80 Å². The number of rotatable bonds is 7. The number of unbranched alkanes of at least 4 members (excludes halogenated alkanes) is 1. The number of benzene rings is 1. The number of amides is 3. The first-order chi connectivity index (χ1) is 14.8. The quantitative estimate of drug-likeness (QED) is 0.641. The summed E-state index contributed by atoms with van der Waals surface area (Å²) in [7, 11) is 3.40. The van der Waals surface area contributed by atoms with Gasteiger partial charge in [-0.2, -0.15) is 0 Å². The number of hydrogen-bond donors (Lipinski definition) is 0. The van der Waals surface area contributed by atoms with Crippen LogP contribution in [0, 0.1) is 11.8 Å². The first kappa shape index (κ1) is 23.4. The molecule has 2 aliphatic rings. The van der Waals surface area contributed by atoms with Gasteiger partial charge in [-0.05, 0) is 37.5 Å². The summed E-state index contributed by atoms with van der Waals surface area (Å²) >= 11 is 6.11. The van der Waals surface area contributed by atoms with Gasteiger partial charge in [-0.1, -0.05) is 24.9 Å². The number of anilines is 1. The van der Waals surface area contributed by atoms with Gasteiger partial charge in [-0.3, -0.25) is 14.4 Å². The van der Waals surface area contributed by atoms with Crippen molar-refractivity contribution in [2.45, 2.75) is 39.0 Å². The van der Waals surface area contributed by atoms with Gasteiger partial charge >= 0.3 is 0 Å². The molecule has 7 nitrogen and oxygen atoms in total. The molecule has 2 aliphatic heterocycles. The zero-order chi connectivity index (χ0) is 22.5. The van der Waals surface area contributed by atoms with E-state index < -0.39 is 5.92 Å². The van der Waals surface area contributed by atoms with Crippen molar-refractivity contribution in [3.63, 3.8) is 0 Å². The maximum absolute atomic E-state index is 13.1. The van der Waals surface area contributed by atoms with Crippen molar-refractivity contribution in [2.24, 2.45) is 11.8 Å². The highest BCUT2D eigenvalue weighted by Crippen LogP contribution is 2.36. The lowest BCUT2D eigenvalue weighted by atomic mass is 9.94. The van der Waals surface area contributed by atoms with Crippen LogP contribution in [0.15, 0.2) is 18.2 Å². The lowest BCUT2D eigenvalue weighted by Crippen LogP contribution is -2.45. The van der Waals surface area contributed by atoms with E-state index in [0.29, 0.717) is 48.9 Å². The van der Waals surface area contributed by atoms with Gasteiger partial charge in [-0.15, -0.1) is 0 Å². The maximum atomic E-state index is 13.1. The Morgan fingerprint density at radius 3 is 2.58 bits per heavy atom. The minimum atomic E-state index is -0.393. The molecule has 1 aromatic rings. The van der Waals surface area contributed by atoms with Gasteiger partial charge in [0.1, 0.15) is 5.75 Å². The average Bonchev–Trinajstić information content (AvgIpc) is 3.17. The minimum Gasteiger partial charge on any atom is -0.495 e. The average molecular weight is 450 g/mol. The van der Waals surface area contributed by atoms with Gasteiger partial charge in [0.2, 0.25) is 17.7 Å². The summed E-state index contributed by atoms with van der Waals surface area (Å²) in [5.41, 5.74) is 0.592. The van der Waals surface area contributed by atoms with Crippen LogP contribution in [0.3, 0.4) is 0 Å². The molecule has 0 aromatic heterocycles. The summed E-state index contributed by atoms with van der Waals surface area (Å²) in [5.74, 6) is 0.191. The van der Waals surface area contributed by atoms with E-state index in [9.17, 15) is 14.4 Å². The molecule has 0 N–H and O–H groups in total. The molecule has 0 spiro atoms. The Kier molecular flexibility index (Phi) is 7.81. The topological polar surface area (TPSA) is 70.2 Å². The molecule has 1 unspecified atom stereocenters. The molecular weight excluding hydrogens is 418 g/mol. The molecule has 1 aromatic carbocycles. The first-order valence-electron chi connectivity index (χ1n) is 11.0. The molecule has 3 rings (SSSR count). The second-order valence-electron chi connectivity index (χ2n) is 8.43. The van der Waals surface area contributed by atoms with Gasteiger partial charge in [-0.25, -0.2) is 0 Å². The van der Waals surface area contributed by atoms with Gasteiger partial charge in [0, 0.05) is 50.6 Å². The highest BCUT2D eigenvalue weighted by molar-refractivity contribution is 6.31. The zero-order valence-corrected chi connectivity index (χ0v) is 19.4. The number of hydrogen-bond acceptors (Lipinski definition) is 4. The van der Waals surface area contributed by atoms with Gasteiger partial charge in [0.25, 0.3) is 0 Å². The number of likely N-dealkylation sites (tertiary alicyclic amines) is 1. The normalized spacial score (nSPS) is 19.6. The monoisotopic (exact) mass is 449 g/mol. The molecule has 1 atom stereocenters. The molecule has 8 heteroatoms. The lowest BCUT2D eigenvalue weighted by Gasteiger charge is -2.34. The van der Waals surface area contributed by atoms with E-state index >= 15 is 0 Å². The van der Waals surface area contributed by atoms with Crippen LogP contribution in [0.25, 0.3) is 0 Å². The lowest BCUT2D eigenvalue weighted by molar-refractivity contribution is -0.141. The molecule has 0 radical (unpaired) electrons. The van der Waals surface area contributed by atoms with Crippen molar-refractivity contribution in [3.05, 3.63) is 23.2 Å². The Morgan fingerprint density at radius 2 is 1.94 bits per heavy atom. The number of halogens is 1. The van der Waals surface area contributed by atoms with Crippen LogP contribution in [-0.2, 0) is 14.4 Å². The maximum Gasteiger partial charge on any atom is 0.228 e. The van der Waals surface area contributed by atoms with Crippen LogP contribution in [0.2, 0.25) is 5.02 Å². The largest absolute Gasteiger partial charge is 0.495 e. The zero-order valence-electron chi connectivity index (χ0n) is 18.6. The van der Waals surface area contributed by atoms with Crippen LogP contribution in [0.5, 0.6) is 5.75 Å². The SMILES string of the molecule is CCCCN(C)C(=O)C1CCN(C(=O)C2CC(=O)N(c3cc(Cl)ccc3OC)C2)CC1. The van der Waals surface area contributed by atoms with Crippen molar-refractivity contribution in [2.75, 3.05) is 45.2 Å². The van der Waals surface area contributed by atoms with Crippen molar-refractivity contribution in [1.29, 1.82) is 0 Å². The second-order valence-corrected chi connectivity index (χ2v) is 8.87. The fourth-order valence-corrected chi connectivity index (χ4v) is 4.57. The smallest absolute Gasteiger partial charge is 0.228 e. The third-order valence-corrected chi connectivity index (χ3v) is 6.52. The van der Waals surface area contributed by atoms with Crippen molar-refractivity contribution < 1.29 is 19.1 Å². The number of methoxy groups -OCH3 is 1. The first-order valence-corrected chi connectivity index (χ1v) is 11.4. The van der Waals surface area contributed by atoms with E-state index in [1.165, 1.54) is 0 Å². The van der Waals surface area contributed by atoms with Crippen LogP contribution in [0.4, 0.5) is 5.69 Å². The number of carbonyl (C=O) groups excluding carboxylic acids is 3. The van der Waals surface area contributed by atoms with Crippen LogP contribution in [0.1, 0.15) is 39.0 Å². The fourth-order valence-electron chi connectivity index (χ4n) is 4.40. The Hall–Kier alpha value is -2.28. The number of carbonyl (C=O) groups is 3. The Balaban J connectivity index is 1.58. The number of ether oxygens (including phenoxy) is 1. The summed E-state index contributed by atoms with van der Waals surface area (Å²) in [4.78, 5) is 43.6. The van der Waals surface area contributed by atoms with E-state index in [-0.39, 0.29) is 30.1 Å². The minimum absolute atomic E-state index is 0.0120. The highest BCUT2D eigenvalue weighted by atomic mass is 35.5. The van der Waals surface area contributed by atoms with Gasteiger partial charge < -0.3 is 19.4 Å². The molecule has 0 aliphatic carbocycles. The van der Waals surface area contributed by atoms with Gasteiger partial charge in [0.05, 0.1) is 18.7 Å². The van der Waals surface area contributed by atoms with Crippen LogP contribution in [-0.4, -0.2) is 67.9 Å². The summed E-state index contributed by atoms with van der Waals surface area (Å²) in [5, 5.41) is 0.508. The summed E-state index contributed by atoms with van der Waals surface area (Å²) in [6, 6.07) is 5.12. The summed E-state index contributed by atoms with van der Waals surface area (Å²) < 4.78 is 5.37. The molecule has 0 saturated carbocycles. The van der Waals surface area contributed by atoms with E-state index in [4.69, 9.17) is 16.3 Å². The Labute approximate surface area is 189 Å². The second kappa shape index (κ2) is 10.4. The fraction of sp³-hybridized carbons (Fsp3) is 0.609. The van der Waals surface area contributed by atoms with Gasteiger partial charge in [0.15, 0.2) is 0 Å². The highest BCUT2D eigenvalue weighted by Gasteiger charge is 2.39. The van der Waals surface area contributed by atoms with Crippen molar-refractivity contribution in [3.8, 4) is 5.75 Å². The number of piperidine rings is 1. The van der Waals surface area contributed by atoms with Crippen molar-refractivity contribution >= 4 is 35.0 Å². The third kappa shape index (κ3) is 5.32. The van der Waals surface area contributed by atoms with Crippen LogP contribution < -0.4 is 9.64 Å². The molecule has 2 fully saturated rings. The van der Waals surface area contributed by atoms with E-state index in [1.54, 1.807) is 30.2 Å². The predicted octanol–water partition coefficient (Wildman–Crippen LogP) is 3.20. The predicted molar refractivity (Wildman–Crippen MR) is 120 cm³/mol. The molecule has 0 bridgehead atoms. The molecule has 31 heavy (non-hydrogen) atoms. The molecule has 2 saturated heterocycles. The van der Waals surface area contributed by atoms with E-state index in [0.717, 1.165) is 19.4 Å². The van der Waals surface area contributed by atoms with Crippen LogP contribution >= 0.6 is 11.6 Å². The molecule has 170 valence electrons. The summed E-state index contributed by atoms with van der Waals surface area (Å²) in [6.45, 7) is 4.32. The standard InChI is InChI=1S/C23H32ClN3O4/c1-4-5-10-25(2)22(29)16-8-11-26(12-9-16)23(30)17-13-21(28)27(15-17)19-14-18(24)6-7-20(19)31-3/h6-7,14,16-17H,4-5,8-13,15H2,1-3H3. The van der Waals surface area contributed by atoms with E-state index in [1.807, 2.05) is 16.8 Å². The Bertz CT molecular complexity index is 823. The molecule has 3 amide bonds.